The highest BCUT2D eigenvalue weighted by Crippen LogP contribution is 2.38. The summed E-state index contributed by atoms with van der Waals surface area (Å²) in [6.45, 7) is 9.83. The van der Waals surface area contributed by atoms with E-state index in [1.807, 2.05) is 11.3 Å². The molecule has 0 radical (unpaired) electrons. The van der Waals surface area contributed by atoms with Crippen LogP contribution < -0.4 is 5.32 Å². The van der Waals surface area contributed by atoms with Crippen LogP contribution in [0.3, 0.4) is 0 Å². The first-order valence-corrected chi connectivity index (χ1v) is 7.85. The van der Waals surface area contributed by atoms with Crippen LogP contribution in [-0.2, 0) is 11.2 Å². The summed E-state index contributed by atoms with van der Waals surface area (Å²) < 4.78 is 5.84. The van der Waals surface area contributed by atoms with Gasteiger partial charge >= 0.3 is 0 Å². The van der Waals surface area contributed by atoms with E-state index in [2.05, 4.69) is 43.6 Å². The molecule has 2 atom stereocenters. The van der Waals surface area contributed by atoms with E-state index in [-0.39, 0.29) is 0 Å². The van der Waals surface area contributed by atoms with Gasteiger partial charge in [0.05, 0.1) is 6.10 Å². The van der Waals surface area contributed by atoms with Gasteiger partial charge in [0.15, 0.2) is 0 Å². The van der Waals surface area contributed by atoms with E-state index in [9.17, 15) is 0 Å². The van der Waals surface area contributed by atoms with Crippen molar-refractivity contribution in [2.75, 3.05) is 19.7 Å². The van der Waals surface area contributed by atoms with Crippen LogP contribution >= 0.6 is 11.3 Å². The van der Waals surface area contributed by atoms with Crippen LogP contribution in [0, 0.1) is 11.3 Å². The van der Waals surface area contributed by atoms with Crippen molar-refractivity contribution in [3.8, 4) is 0 Å². The number of hydrogen-bond acceptors (Lipinski definition) is 3. The Kier molecular flexibility index (Phi) is 4.82. The number of ether oxygens (including phenoxy) is 1. The van der Waals surface area contributed by atoms with Gasteiger partial charge in [0.25, 0.3) is 0 Å². The smallest absolute Gasteiger partial charge is 0.0619 e. The average Bonchev–Trinajstić information content (AvgIpc) is 2.91. The van der Waals surface area contributed by atoms with Gasteiger partial charge in [-0.05, 0) is 43.7 Å². The predicted molar refractivity (Wildman–Crippen MR) is 78.2 cm³/mol. The minimum absolute atomic E-state index is 0.291. The topological polar surface area (TPSA) is 21.3 Å². The maximum Gasteiger partial charge on any atom is 0.0619 e. The molecule has 1 fully saturated rings. The molecule has 2 unspecified atom stereocenters. The normalized spacial score (nSPS) is 28.1. The van der Waals surface area contributed by atoms with Crippen LogP contribution in [0.2, 0.25) is 0 Å². The molecule has 2 rings (SSSR count). The fourth-order valence-corrected chi connectivity index (χ4v) is 3.58. The molecule has 1 N–H and O–H groups in total. The van der Waals surface area contributed by atoms with Crippen molar-refractivity contribution in [3.05, 3.63) is 22.4 Å². The molecule has 102 valence electrons. The van der Waals surface area contributed by atoms with Crippen molar-refractivity contribution in [2.24, 2.45) is 11.3 Å². The van der Waals surface area contributed by atoms with Gasteiger partial charge < -0.3 is 10.1 Å². The Morgan fingerprint density at radius 2 is 2.39 bits per heavy atom. The molecule has 0 spiro atoms. The summed E-state index contributed by atoms with van der Waals surface area (Å²) in [5.41, 5.74) is 0.291. The van der Waals surface area contributed by atoms with Crippen molar-refractivity contribution in [2.45, 2.75) is 39.7 Å². The zero-order valence-electron chi connectivity index (χ0n) is 11.7. The second kappa shape index (κ2) is 6.18. The molecule has 0 aliphatic carbocycles. The molecule has 0 amide bonds. The molecular weight excluding hydrogens is 242 g/mol. The molecule has 1 aliphatic heterocycles. The first kappa shape index (κ1) is 14.0. The highest BCUT2D eigenvalue weighted by molar-refractivity contribution is 7.09. The first-order valence-electron chi connectivity index (χ1n) is 6.97. The minimum atomic E-state index is 0.291. The molecular formula is C15H25NOS. The lowest BCUT2D eigenvalue weighted by atomic mass is 9.78. The Morgan fingerprint density at radius 3 is 2.94 bits per heavy atom. The maximum absolute atomic E-state index is 5.84. The monoisotopic (exact) mass is 267 g/mol. The minimum Gasteiger partial charge on any atom is -0.378 e. The second-order valence-corrected chi connectivity index (χ2v) is 6.94. The summed E-state index contributed by atoms with van der Waals surface area (Å²) in [6.07, 6.45) is 2.69. The molecule has 2 nitrogen and oxygen atoms in total. The number of rotatable bonds is 6. The van der Waals surface area contributed by atoms with Gasteiger partial charge in [-0.3, -0.25) is 0 Å². The number of hydrogen-bond donors (Lipinski definition) is 1. The van der Waals surface area contributed by atoms with Crippen molar-refractivity contribution in [1.82, 2.24) is 5.32 Å². The highest BCUT2D eigenvalue weighted by atomic mass is 32.1. The molecule has 1 aromatic heterocycles. The third kappa shape index (κ3) is 3.34. The summed E-state index contributed by atoms with van der Waals surface area (Å²) in [5, 5.41) is 5.81. The molecule has 0 saturated carbocycles. The van der Waals surface area contributed by atoms with E-state index < -0.39 is 0 Å². The molecule has 0 aromatic carbocycles. The maximum atomic E-state index is 5.84. The van der Waals surface area contributed by atoms with E-state index in [0.717, 1.165) is 26.1 Å². The van der Waals surface area contributed by atoms with Crippen LogP contribution in [0.1, 0.15) is 32.1 Å². The summed E-state index contributed by atoms with van der Waals surface area (Å²) in [5.74, 6) is 0.710. The summed E-state index contributed by atoms with van der Waals surface area (Å²) in [7, 11) is 0. The van der Waals surface area contributed by atoms with Crippen molar-refractivity contribution < 1.29 is 4.74 Å². The Labute approximate surface area is 115 Å². The molecule has 1 aromatic rings. The second-order valence-electron chi connectivity index (χ2n) is 5.91. The fraction of sp³-hybridized carbons (Fsp3) is 0.733. The van der Waals surface area contributed by atoms with E-state index in [4.69, 9.17) is 4.74 Å². The van der Waals surface area contributed by atoms with Crippen LogP contribution in [0.25, 0.3) is 0 Å². The molecule has 2 heterocycles. The summed E-state index contributed by atoms with van der Waals surface area (Å²) in [4.78, 5) is 1.48. The summed E-state index contributed by atoms with van der Waals surface area (Å²) >= 11 is 1.87. The Hall–Kier alpha value is -0.380. The van der Waals surface area contributed by atoms with Gasteiger partial charge in [-0.25, -0.2) is 0 Å². The largest absolute Gasteiger partial charge is 0.378 e. The van der Waals surface area contributed by atoms with Gasteiger partial charge in [-0.15, -0.1) is 11.3 Å². The molecule has 18 heavy (non-hydrogen) atoms. The van der Waals surface area contributed by atoms with Crippen molar-refractivity contribution in [1.29, 1.82) is 0 Å². The Morgan fingerprint density at radius 1 is 1.56 bits per heavy atom. The number of nitrogens with one attached hydrogen (secondary N) is 1. The standard InChI is InChI=1S/C15H25NOS/c1-12(2)10-16-11-15(6-7-17-13(15)3)9-14-5-4-8-18-14/h4-5,8,12-13,16H,6-7,9-11H2,1-3H3. The van der Waals surface area contributed by atoms with E-state index in [1.165, 1.54) is 11.3 Å². The van der Waals surface area contributed by atoms with E-state index >= 15 is 0 Å². The number of thiophene rings is 1. The zero-order chi connectivity index (χ0) is 13.0. The molecule has 0 bridgehead atoms. The van der Waals surface area contributed by atoms with Crippen molar-refractivity contribution in [3.63, 3.8) is 0 Å². The van der Waals surface area contributed by atoms with Crippen LogP contribution in [0.5, 0.6) is 0 Å². The highest BCUT2D eigenvalue weighted by Gasteiger charge is 2.41. The van der Waals surface area contributed by atoms with Crippen LogP contribution in [-0.4, -0.2) is 25.8 Å². The van der Waals surface area contributed by atoms with Crippen LogP contribution in [0.15, 0.2) is 17.5 Å². The lowest BCUT2D eigenvalue weighted by Crippen LogP contribution is -2.42. The molecule has 1 aliphatic rings. The lowest BCUT2D eigenvalue weighted by molar-refractivity contribution is 0.0631. The van der Waals surface area contributed by atoms with Gasteiger partial charge in [-0.1, -0.05) is 19.9 Å². The zero-order valence-corrected chi connectivity index (χ0v) is 12.6. The predicted octanol–water partition coefficient (Wildman–Crippen LogP) is 3.33. The van der Waals surface area contributed by atoms with Crippen LogP contribution in [0.4, 0.5) is 0 Å². The third-order valence-electron chi connectivity index (χ3n) is 3.97. The SMILES string of the molecule is CC(C)CNCC1(Cc2cccs2)CCOC1C. The lowest BCUT2D eigenvalue weighted by Gasteiger charge is -2.32. The fourth-order valence-electron chi connectivity index (χ4n) is 2.72. The van der Waals surface area contributed by atoms with Crippen molar-refractivity contribution >= 4 is 11.3 Å². The Bertz CT molecular complexity index is 349. The van der Waals surface area contributed by atoms with Gasteiger partial charge in [0.2, 0.25) is 0 Å². The quantitative estimate of drug-likeness (QED) is 0.853. The van der Waals surface area contributed by atoms with E-state index in [0.29, 0.717) is 17.4 Å². The van der Waals surface area contributed by atoms with E-state index in [1.54, 1.807) is 0 Å². The van der Waals surface area contributed by atoms with Gasteiger partial charge in [0, 0.05) is 23.4 Å². The van der Waals surface area contributed by atoms with Gasteiger partial charge in [0.1, 0.15) is 0 Å². The third-order valence-corrected chi connectivity index (χ3v) is 4.84. The molecule has 3 heteroatoms. The van der Waals surface area contributed by atoms with Gasteiger partial charge in [-0.2, -0.15) is 0 Å². The average molecular weight is 267 g/mol. The Balaban J connectivity index is 1.99. The summed E-state index contributed by atoms with van der Waals surface area (Å²) in [6, 6.07) is 4.40. The first-order chi connectivity index (χ1) is 8.62. The molecule has 1 saturated heterocycles.